The van der Waals surface area contributed by atoms with Crippen molar-refractivity contribution in [2.45, 2.75) is 25.4 Å². The van der Waals surface area contributed by atoms with Crippen molar-refractivity contribution in [2.75, 3.05) is 14.2 Å². The Balaban J connectivity index is 2.25. The zero-order chi connectivity index (χ0) is 17.6. The summed E-state index contributed by atoms with van der Waals surface area (Å²) in [5.74, 6) is -3.73. The Kier molecular flexibility index (Phi) is 4.03. The van der Waals surface area contributed by atoms with E-state index >= 15 is 0 Å². The minimum absolute atomic E-state index is 0.212. The van der Waals surface area contributed by atoms with Gasteiger partial charge in [0.25, 0.3) is 0 Å². The van der Waals surface area contributed by atoms with Crippen molar-refractivity contribution in [2.24, 2.45) is 11.3 Å². The molecule has 24 heavy (non-hydrogen) atoms. The molecule has 1 aliphatic carbocycles. The molecule has 0 saturated carbocycles. The Morgan fingerprint density at radius 2 is 1.88 bits per heavy atom. The molecular weight excluding hydrogens is 336 g/mol. The van der Waals surface area contributed by atoms with Crippen molar-refractivity contribution in [3.8, 4) is 0 Å². The van der Waals surface area contributed by atoms with E-state index < -0.39 is 41.3 Å². The van der Waals surface area contributed by atoms with Gasteiger partial charge in [0.1, 0.15) is 6.10 Å². The van der Waals surface area contributed by atoms with Gasteiger partial charge in [-0.05, 0) is 29.2 Å². The van der Waals surface area contributed by atoms with Gasteiger partial charge >= 0.3 is 17.9 Å². The molecule has 128 valence electrons. The summed E-state index contributed by atoms with van der Waals surface area (Å²) in [6.45, 7) is 1.77. The molecule has 2 aliphatic rings. The Hall–Kier alpha value is -2.08. The summed E-state index contributed by atoms with van der Waals surface area (Å²) < 4.78 is 15.2. The summed E-state index contributed by atoms with van der Waals surface area (Å²) in [4.78, 5) is 37.8. The number of methoxy groups -OCH3 is 2. The number of benzene rings is 1. The van der Waals surface area contributed by atoms with Crippen molar-refractivity contribution in [1.29, 1.82) is 0 Å². The highest BCUT2D eigenvalue weighted by molar-refractivity contribution is 6.30. The second-order valence-electron chi connectivity index (χ2n) is 6.09. The first-order valence-electron chi connectivity index (χ1n) is 7.53. The Labute approximate surface area is 144 Å². The fourth-order valence-corrected chi connectivity index (χ4v) is 4.17. The number of carbonyl (C=O) groups excluding carboxylic acids is 3. The number of esters is 3. The molecule has 1 aromatic rings. The highest BCUT2D eigenvalue weighted by Gasteiger charge is 2.71. The third kappa shape index (κ3) is 2.05. The summed E-state index contributed by atoms with van der Waals surface area (Å²) in [6.07, 6.45) is -0.761. The van der Waals surface area contributed by atoms with Crippen LogP contribution in [0, 0.1) is 11.3 Å². The Morgan fingerprint density at radius 3 is 2.46 bits per heavy atom. The third-order valence-corrected chi connectivity index (χ3v) is 5.30. The molecule has 0 aromatic heterocycles. The number of carbonyl (C=O) groups is 3. The van der Waals surface area contributed by atoms with Gasteiger partial charge in [0, 0.05) is 11.4 Å². The van der Waals surface area contributed by atoms with Crippen LogP contribution in [0.3, 0.4) is 0 Å². The molecule has 1 heterocycles. The standard InChI is InChI=1S/C17H17ClO6/c1-8-11-7-10(18)5-4-9(11)6-12-17(15(20)22-2,16(21)23-3)13(8)14(19)24-12/h4-5,7-8,12-13H,6H2,1-3H3/t8-,12+,13+/m1/s1. The quantitative estimate of drug-likeness (QED) is 0.459. The van der Waals surface area contributed by atoms with E-state index in [-0.39, 0.29) is 6.42 Å². The van der Waals surface area contributed by atoms with Crippen molar-refractivity contribution in [3.05, 3.63) is 34.3 Å². The van der Waals surface area contributed by atoms with Gasteiger partial charge in [-0.25, -0.2) is 0 Å². The number of ether oxygens (including phenoxy) is 3. The maximum atomic E-state index is 12.6. The van der Waals surface area contributed by atoms with Gasteiger partial charge in [0.05, 0.1) is 20.1 Å². The van der Waals surface area contributed by atoms with Gasteiger partial charge in [0.15, 0.2) is 0 Å². The Morgan fingerprint density at radius 1 is 1.25 bits per heavy atom. The van der Waals surface area contributed by atoms with Crippen LogP contribution in [0.5, 0.6) is 0 Å². The first-order valence-corrected chi connectivity index (χ1v) is 7.91. The van der Waals surface area contributed by atoms with Gasteiger partial charge in [-0.2, -0.15) is 0 Å². The van der Waals surface area contributed by atoms with Crippen molar-refractivity contribution in [1.82, 2.24) is 0 Å². The first-order chi connectivity index (χ1) is 11.4. The maximum absolute atomic E-state index is 12.6. The Bertz CT molecular complexity index is 712. The molecule has 1 aromatic carbocycles. The van der Waals surface area contributed by atoms with E-state index in [2.05, 4.69) is 0 Å². The minimum atomic E-state index is -1.81. The highest BCUT2D eigenvalue weighted by Crippen LogP contribution is 2.53. The number of fused-ring (bicyclic) bond motifs is 3. The van der Waals surface area contributed by atoms with Gasteiger partial charge in [-0.1, -0.05) is 24.6 Å². The monoisotopic (exact) mass is 352 g/mol. The van der Waals surface area contributed by atoms with Crippen LogP contribution in [0.4, 0.5) is 0 Å². The van der Waals surface area contributed by atoms with E-state index in [1.54, 1.807) is 19.1 Å². The van der Waals surface area contributed by atoms with Crippen LogP contribution in [-0.2, 0) is 35.0 Å². The molecular formula is C17H17ClO6. The zero-order valence-corrected chi connectivity index (χ0v) is 14.3. The predicted molar refractivity (Wildman–Crippen MR) is 83.4 cm³/mol. The average molecular weight is 353 g/mol. The molecule has 6 nitrogen and oxygen atoms in total. The smallest absolute Gasteiger partial charge is 0.328 e. The van der Waals surface area contributed by atoms with Crippen LogP contribution in [-0.4, -0.2) is 38.2 Å². The summed E-state index contributed by atoms with van der Waals surface area (Å²) >= 11 is 6.09. The lowest BCUT2D eigenvalue weighted by Gasteiger charge is -2.31. The minimum Gasteiger partial charge on any atom is -0.468 e. The number of rotatable bonds is 2. The average Bonchev–Trinajstić information content (AvgIpc) is 2.81. The van der Waals surface area contributed by atoms with Gasteiger partial charge in [-0.3, -0.25) is 14.4 Å². The molecule has 0 N–H and O–H groups in total. The number of hydrogen-bond acceptors (Lipinski definition) is 6. The lowest BCUT2D eigenvalue weighted by atomic mass is 9.68. The van der Waals surface area contributed by atoms with Crippen LogP contribution in [0.25, 0.3) is 0 Å². The van der Waals surface area contributed by atoms with Crippen LogP contribution < -0.4 is 0 Å². The fourth-order valence-electron chi connectivity index (χ4n) is 3.99. The molecule has 7 heteroatoms. The van der Waals surface area contributed by atoms with Crippen LogP contribution in [0.2, 0.25) is 5.02 Å². The summed E-state index contributed by atoms with van der Waals surface area (Å²) in [5.41, 5.74) is -0.112. The van der Waals surface area contributed by atoms with E-state index in [0.29, 0.717) is 5.02 Å². The predicted octanol–water partition coefficient (Wildman–Crippen LogP) is 1.87. The topological polar surface area (TPSA) is 78.9 Å². The van der Waals surface area contributed by atoms with Gasteiger partial charge in [0.2, 0.25) is 5.41 Å². The molecule has 0 spiro atoms. The normalized spacial score (nSPS) is 26.8. The summed E-state index contributed by atoms with van der Waals surface area (Å²) in [5, 5.41) is 0.522. The zero-order valence-electron chi connectivity index (χ0n) is 13.5. The summed E-state index contributed by atoms with van der Waals surface area (Å²) in [6, 6.07) is 5.31. The van der Waals surface area contributed by atoms with E-state index in [1.165, 1.54) is 14.2 Å². The lowest BCUT2D eigenvalue weighted by Crippen LogP contribution is -2.52. The highest BCUT2D eigenvalue weighted by atomic mass is 35.5. The van der Waals surface area contributed by atoms with Crippen LogP contribution in [0.15, 0.2) is 18.2 Å². The molecule has 1 aliphatic heterocycles. The van der Waals surface area contributed by atoms with E-state index in [9.17, 15) is 14.4 Å². The lowest BCUT2D eigenvalue weighted by molar-refractivity contribution is -0.176. The molecule has 0 unspecified atom stereocenters. The molecule has 3 atom stereocenters. The molecule has 0 radical (unpaired) electrons. The first kappa shape index (κ1) is 16.8. The maximum Gasteiger partial charge on any atom is 0.328 e. The van der Waals surface area contributed by atoms with E-state index in [1.807, 2.05) is 6.07 Å². The van der Waals surface area contributed by atoms with Crippen molar-refractivity contribution in [3.63, 3.8) is 0 Å². The second kappa shape index (κ2) is 5.77. The molecule has 3 rings (SSSR count). The van der Waals surface area contributed by atoms with Crippen LogP contribution in [0.1, 0.15) is 24.0 Å². The molecule has 1 saturated heterocycles. The number of hydrogen-bond donors (Lipinski definition) is 0. The SMILES string of the molecule is COC(=O)C1(C(=O)OC)[C@@H]2Cc3ccc(Cl)cc3[C@@H](C)[C@H]1C(=O)O2. The fraction of sp³-hybridized carbons (Fsp3) is 0.471. The molecule has 1 fully saturated rings. The summed E-state index contributed by atoms with van der Waals surface area (Å²) in [7, 11) is 2.35. The van der Waals surface area contributed by atoms with E-state index in [4.69, 9.17) is 25.8 Å². The van der Waals surface area contributed by atoms with E-state index in [0.717, 1.165) is 11.1 Å². The van der Waals surface area contributed by atoms with Gasteiger partial charge in [-0.15, -0.1) is 0 Å². The van der Waals surface area contributed by atoms with Crippen molar-refractivity contribution < 1.29 is 28.6 Å². The number of halogens is 1. The van der Waals surface area contributed by atoms with Gasteiger partial charge < -0.3 is 14.2 Å². The van der Waals surface area contributed by atoms with Crippen LogP contribution >= 0.6 is 11.6 Å². The van der Waals surface area contributed by atoms with Crippen molar-refractivity contribution >= 4 is 29.5 Å². The largest absolute Gasteiger partial charge is 0.468 e. The molecule has 2 bridgehead atoms. The third-order valence-electron chi connectivity index (χ3n) is 5.06. The second-order valence-corrected chi connectivity index (χ2v) is 6.53. The molecule has 0 amide bonds.